The largest absolute Gasteiger partial charge is 0.379 e. The number of ether oxygens (including phenoxy) is 1. The molecule has 0 saturated carbocycles. The minimum atomic E-state index is 0.0417. The predicted molar refractivity (Wildman–Crippen MR) is 51.9 cm³/mol. The lowest BCUT2D eigenvalue weighted by atomic mass is 10.0. The molecule has 0 aliphatic rings. The summed E-state index contributed by atoms with van der Waals surface area (Å²) in [5, 5.41) is 0. The molecule has 11 heavy (non-hydrogen) atoms. The van der Waals surface area contributed by atoms with Gasteiger partial charge in [0.05, 0.1) is 5.60 Å². The molecule has 0 aliphatic heterocycles. The molecule has 0 unspecified atom stereocenters. The van der Waals surface area contributed by atoms with Crippen LogP contribution in [0.25, 0.3) is 0 Å². The van der Waals surface area contributed by atoms with Gasteiger partial charge in [-0.25, -0.2) is 0 Å². The van der Waals surface area contributed by atoms with E-state index in [0.29, 0.717) is 5.41 Å². The Morgan fingerprint density at radius 2 is 0.818 bits per heavy atom. The summed E-state index contributed by atoms with van der Waals surface area (Å²) in [4.78, 5) is 0. The first-order valence-electron chi connectivity index (χ1n) is 4.11. The molecule has 1 nitrogen and oxygen atoms in total. The van der Waals surface area contributed by atoms with Gasteiger partial charge in [0, 0.05) is 7.11 Å². The molecule has 0 saturated heterocycles. The Labute approximate surface area is 72.1 Å². The van der Waals surface area contributed by atoms with Crippen LogP contribution in [0.4, 0.5) is 0 Å². The number of hydrogen-bond donors (Lipinski definition) is 0. The van der Waals surface area contributed by atoms with Gasteiger partial charge >= 0.3 is 0 Å². The van der Waals surface area contributed by atoms with Crippen molar-refractivity contribution in [2.45, 2.75) is 54.1 Å². The molecule has 0 aliphatic carbocycles. The Morgan fingerprint density at radius 1 is 0.727 bits per heavy atom. The molecule has 0 heterocycles. The normalized spacial score (nSPS) is 12.0. The van der Waals surface area contributed by atoms with Crippen LogP contribution in [0.3, 0.4) is 0 Å². The third-order valence-electron chi connectivity index (χ3n) is 0.612. The van der Waals surface area contributed by atoms with Gasteiger partial charge < -0.3 is 4.74 Å². The lowest BCUT2D eigenvalue weighted by molar-refractivity contribution is 0.0397. The van der Waals surface area contributed by atoms with Gasteiger partial charge in [-0.1, -0.05) is 27.7 Å². The summed E-state index contributed by atoms with van der Waals surface area (Å²) in [5.41, 5.74) is 0.542. The Kier molecular flexibility index (Phi) is 5.86. The van der Waals surface area contributed by atoms with E-state index < -0.39 is 0 Å². The van der Waals surface area contributed by atoms with Gasteiger partial charge in [0.25, 0.3) is 0 Å². The highest BCUT2D eigenvalue weighted by Crippen LogP contribution is 2.08. The molecule has 0 spiro atoms. The van der Waals surface area contributed by atoms with Crippen LogP contribution >= 0.6 is 0 Å². The quantitative estimate of drug-likeness (QED) is 0.527. The fraction of sp³-hybridized carbons (Fsp3) is 1.00. The van der Waals surface area contributed by atoms with Crippen LogP contribution in [0, 0.1) is 5.41 Å². The Balaban J connectivity index is 0. The van der Waals surface area contributed by atoms with Crippen molar-refractivity contribution in [1.29, 1.82) is 0 Å². The molecule has 70 valence electrons. The lowest BCUT2D eigenvalue weighted by Gasteiger charge is -2.14. The monoisotopic (exact) mass is 160 g/mol. The highest BCUT2D eigenvalue weighted by Gasteiger charge is 2.04. The zero-order valence-electron chi connectivity index (χ0n) is 9.41. The topological polar surface area (TPSA) is 9.23 Å². The third kappa shape index (κ3) is 72.0. The van der Waals surface area contributed by atoms with Crippen LogP contribution in [-0.2, 0) is 4.74 Å². The van der Waals surface area contributed by atoms with Gasteiger partial charge in [0.2, 0.25) is 0 Å². The number of hydrogen-bond acceptors (Lipinski definition) is 1. The summed E-state index contributed by atoms with van der Waals surface area (Å²) in [5.74, 6) is 0. The van der Waals surface area contributed by atoms with Crippen LogP contribution in [0.2, 0.25) is 0 Å². The lowest BCUT2D eigenvalue weighted by Crippen LogP contribution is -2.15. The molecule has 0 aromatic heterocycles. The van der Waals surface area contributed by atoms with Gasteiger partial charge in [-0.3, -0.25) is 0 Å². The molecule has 0 amide bonds. The van der Waals surface area contributed by atoms with E-state index in [4.69, 9.17) is 4.74 Å². The van der Waals surface area contributed by atoms with E-state index in [1.54, 1.807) is 7.11 Å². The summed E-state index contributed by atoms with van der Waals surface area (Å²) >= 11 is 0. The summed E-state index contributed by atoms with van der Waals surface area (Å²) in [6, 6.07) is 0. The highest BCUT2D eigenvalue weighted by molar-refractivity contribution is 4.55. The molecule has 0 radical (unpaired) electrons. The Bertz CT molecular complexity index is 76.0. The van der Waals surface area contributed by atoms with E-state index in [0.717, 1.165) is 0 Å². The highest BCUT2D eigenvalue weighted by atomic mass is 16.5. The molecule has 0 bridgehead atoms. The van der Waals surface area contributed by atoms with E-state index in [9.17, 15) is 0 Å². The SMILES string of the molecule is CC(C)(C)C.COC(C)(C)C. The number of methoxy groups -OCH3 is 1. The average molecular weight is 160 g/mol. The van der Waals surface area contributed by atoms with Crippen molar-refractivity contribution in [2.24, 2.45) is 5.41 Å². The molecule has 1 heteroatoms. The molecule has 0 atom stereocenters. The fourth-order valence-corrected chi connectivity index (χ4v) is 0. The van der Waals surface area contributed by atoms with E-state index in [2.05, 4.69) is 27.7 Å². The molecular formula is C10H24O. The maximum atomic E-state index is 4.94. The van der Waals surface area contributed by atoms with Crippen molar-refractivity contribution >= 4 is 0 Å². The second kappa shape index (κ2) is 4.76. The van der Waals surface area contributed by atoms with Gasteiger partial charge in [-0.15, -0.1) is 0 Å². The Morgan fingerprint density at radius 3 is 0.818 bits per heavy atom. The van der Waals surface area contributed by atoms with E-state index in [1.165, 1.54) is 0 Å². The minimum absolute atomic E-state index is 0.0417. The van der Waals surface area contributed by atoms with Gasteiger partial charge in [0.15, 0.2) is 0 Å². The summed E-state index contributed by atoms with van der Waals surface area (Å²) in [6.45, 7) is 14.8. The van der Waals surface area contributed by atoms with Crippen molar-refractivity contribution in [1.82, 2.24) is 0 Å². The van der Waals surface area contributed by atoms with E-state index in [-0.39, 0.29) is 5.60 Å². The first kappa shape index (κ1) is 13.5. The summed E-state index contributed by atoms with van der Waals surface area (Å²) in [7, 11) is 1.71. The maximum absolute atomic E-state index is 4.94. The zero-order valence-corrected chi connectivity index (χ0v) is 9.41. The summed E-state index contributed by atoms with van der Waals surface area (Å²) in [6.07, 6.45) is 0. The second-order valence-corrected chi connectivity index (χ2v) is 5.32. The van der Waals surface area contributed by atoms with Crippen LogP contribution in [0.15, 0.2) is 0 Å². The van der Waals surface area contributed by atoms with Crippen LogP contribution < -0.4 is 0 Å². The second-order valence-electron chi connectivity index (χ2n) is 5.32. The zero-order chi connectivity index (χ0) is 9.71. The first-order chi connectivity index (χ1) is 4.56. The smallest absolute Gasteiger partial charge is 0.0594 e. The molecule has 0 aromatic rings. The first-order valence-corrected chi connectivity index (χ1v) is 4.11. The van der Waals surface area contributed by atoms with E-state index in [1.807, 2.05) is 20.8 Å². The number of rotatable bonds is 0. The predicted octanol–water partition coefficient (Wildman–Crippen LogP) is 3.48. The van der Waals surface area contributed by atoms with Crippen molar-refractivity contribution in [3.63, 3.8) is 0 Å². The van der Waals surface area contributed by atoms with Crippen LogP contribution in [0.1, 0.15) is 48.5 Å². The maximum Gasteiger partial charge on any atom is 0.0594 e. The molecule has 0 rings (SSSR count). The van der Waals surface area contributed by atoms with Gasteiger partial charge in [-0.05, 0) is 26.2 Å². The van der Waals surface area contributed by atoms with Crippen molar-refractivity contribution in [2.75, 3.05) is 7.11 Å². The van der Waals surface area contributed by atoms with E-state index >= 15 is 0 Å². The fourth-order valence-electron chi connectivity index (χ4n) is 0. The van der Waals surface area contributed by atoms with Crippen molar-refractivity contribution < 1.29 is 4.74 Å². The molecular weight excluding hydrogens is 136 g/mol. The average Bonchev–Trinajstić information content (AvgIpc) is 1.59. The van der Waals surface area contributed by atoms with Gasteiger partial charge in [0.1, 0.15) is 0 Å². The third-order valence-corrected chi connectivity index (χ3v) is 0.612. The molecule has 0 N–H and O–H groups in total. The van der Waals surface area contributed by atoms with Crippen LogP contribution in [0.5, 0.6) is 0 Å². The standard InChI is InChI=1S/C5H12O.C5H12/c1-5(2,3)6-4;1-5(2,3)4/h1-4H3;1-4H3. The molecule has 0 aromatic carbocycles. The minimum Gasteiger partial charge on any atom is -0.379 e. The van der Waals surface area contributed by atoms with Crippen molar-refractivity contribution in [3.8, 4) is 0 Å². The molecule has 0 fully saturated rings. The van der Waals surface area contributed by atoms with Crippen LogP contribution in [-0.4, -0.2) is 12.7 Å². The Hall–Kier alpha value is -0.0400. The summed E-state index contributed by atoms with van der Waals surface area (Å²) < 4.78 is 4.94. The van der Waals surface area contributed by atoms with Crippen molar-refractivity contribution in [3.05, 3.63) is 0 Å². The van der Waals surface area contributed by atoms with Gasteiger partial charge in [-0.2, -0.15) is 0 Å².